The number of hydrogen-bond acceptors (Lipinski definition) is 6. The number of fused-ring (bicyclic) bond motifs is 1. The van der Waals surface area contributed by atoms with Gasteiger partial charge in [-0.1, -0.05) is 0 Å². The molecule has 0 radical (unpaired) electrons. The highest BCUT2D eigenvalue weighted by Gasteiger charge is 2.42. The van der Waals surface area contributed by atoms with Crippen LogP contribution in [0.25, 0.3) is 0 Å². The van der Waals surface area contributed by atoms with E-state index in [4.69, 9.17) is 4.74 Å². The second-order valence-corrected chi connectivity index (χ2v) is 9.36. The lowest BCUT2D eigenvalue weighted by atomic mass is 10.0. The van der Waals surface area contributed by atoms with Gasteiger partial charge in [-0.3, -0.25) is 0 Å². The van der Waals surface area contributed by atoms with Gasteiger partial charge in [0.25, 0.3) is 10.0 Å². The number of carbonyl (C=O) groups excluding carboxylic acids is 1. The lowest BCUT2D eigenvalue weighted by molar-refractivity contribution is -0.145. The molecule has 22 heavy (non-hydrogen) atoms. The van der Waals surface area contributed by atoms with Crippen LogP contribution in [-0.4, -0.2) is 32.3 Å². The Kier molecular flexibility index (Phi) is 4.11. The van der Waals surface area contributed by atoms with E-state index in [-0.39, 0.29) is 10.8 Å². The van der Waals surface area contributed by atoms with Crippen LogP contribution in [0.3, 0.4) is 0 Å². The van der Waals surface area contributed by atoms with Crippen molar-refractivity contribution in [2.45, 2.75) is 23.6 Å². The standard InChI is InChI=1S/C14H15NO4S3/c1-9-3-4-12(21-9)22(17,18)15-7-5-11-10(6-8-20-11)13(15)14(16)19-2/h3-4,6,8,13H,5,7H2,1-2H3. The normalized spacial score (nSPS) is 18.9. The summed E-state index contributed by atoms with van der Waals surface area (Å²) in [6.45, 7) is 2.14. The first-order valence-electron chi connectivity index (χ1n) is 6.67. The number of sulfonamides is 1. The summed E-state index contributed by atoms with van der Waals surface area (Å²) in [6.07, 6.45) is 0.615. The molecule has 1 aliphatic rings. The fraction of sp³-hybridized carbons (Fsp3) is 0.357. The van der Waals surface area contributed by atoms with Gasteiger partial charge in [0.05, 0.1) is 7.11 Å². The molecule has 8 heteroatoms. The van der Waals surface area contributed by atoms with Crippen LogP contribution >= 0.6 is 22.7 Å². The molecular weight excluding hydrogens is 342 g/mol. The molecule has 3 heterocycles. The highest BCUT2D eigenvalue weighted by Crippen LogP contribution is 2.38. The predicted molar refractivity (Wildman–Crippen MR) is 85.7 cm³/mol. The number of carbonyl (C=O) groups is 1. The summed E-state index contributed by atoms with van der Waals surface area (Å²) in [5.74, 6) is -0.545. The van der Waals surface area contributed by atoms with Crippen LogP contribution in [0.15, 0.2) is 27.8 Å². The van der Waals surface area contributed by atoms with Gasteiger partial charge in [0.1, 0.15) is 10.3 Å². The molecule has 118 valence electrons. The summed E-state index contributed by atoms with van der Waals surface area (Å²) in [4.78, 5) is 14.2. The minimum Gasteiger partial charge on any atom is -0.468 e. The first kappa shape index (κ1) is 15.7. The van der Waals surface area contributed by atoms with Gasteiger partial charge in [-0.2, -0.15) is 4.31 Å². The van der Waals surface area contributed by atoms with Crippen molar-refractivity contribution in [2.75, 3.05) is 13.7 Å². The summed E-state index contributed by atoms with van der Waals surface area (Å²) in [7, 11) is -2.43. The monoisotopic (exact) mass is 357 g/mol. The molecule has 1 atom stereocenters. The lowest BCUT2D eigenvalue weighted by Gasteiger charge is -2.32. The minimum absolute atomic E-state index is 0.262. The molecule has 2 aromatic rings. The maximum atomic E-state index is 12.9. The number of nitrogens with zero attached hydrogens (tertiary/aromatic N) is 1. The highest BCUT2D eigenvalue weighted by molar-refractivity contribution is 7.91. The average molecular weight is 357 g/mol. The second kappa shape index (κ2) is 5.77. The molecule has 1 aliphatic heterocycles. The number of rotatable bonds is 3. The van der Waals surface area contributed by atoms with E-state index < -0.39 is 22.0 Å². The van der Waals surface area contributed by atoms with Crippen molar-refractivity contribution in [1.82, 2.24) is 4.31 Å². The van der Waals surface area contributed by atoms with Crippen LogP contribution in [-0.2, 0) is 26.0 Å². The molecule has 1 unspecified atom stereocenters. The van der Waals surface area contributed by atoms with E-state index in [1.54, 1.807) is 23.5 Å². The SMILES string of the molecule is COC(=O)C1c2ccsc2CCN1S(=O)(=O)c1ccc(C)s1. The Hall–Kier alpha value is -1.22. The van der Waals surface area contributed by atoms with Gasteiger partial charge in [-0.15, -0.1) is 22.7 Å². The number of ether oxygens (including phenoxy) is 1. The number of hydrogen-bond donors (Lipinski definition) is 0. The number of thiophene rings is 2. The third kappa shape index (κ3) is 2.50. The third-order valence-corrected chi connectivity index (χ3v) is 7.95. The van der Waals surface area contributed by atoms with Crippen LogP contribution < -0.4 is 0 Å². The number of methoxy groups -OCH3 is 1. The fourth-order valence-electron chi connectivity index (χ4n) is 2.57. The Morgan fingerprint density at radius 2 is 2.14 bits per heavy atom. The van der Waals surface area contributed by atoms with E-state index >= 15 is 0 Å². The smallest absolute Gasteiger partial charge is 0.328 e. The molecule has 3 rings (SSSR count). The van der Waals surface area contributed by atoms with Crippen LogP contribution in [0, 0.1) is 6.92 Å². The van der Waals surface area contributed by atoms with Crippen LogP contribution in [0.5, 0.6) is 0 Å². The van der Waals surface area contributed by atoms with Crippen molar-refractivity contribution >= 4 is 38.7 Å². The second-order valence-electron chi connectivity index (χ2n) is 4.96. The molecule has 0 fully saturated rings. The van der Waals surface area contributed by atoms with Crippen LogP contribution in [0.4, 0.5) is 0 Å². The van der Waals surface area contributed by atoms with Crippen LogP contribution in [0.2, 0.25) is 0 Å². The average Bonchev–Trinajstić information content (AvgIpc) is 3.13. The highest BCUT2D eigenvalue weighted by atomic mass is 32.2. The van der Waals surface area contributed by atoms with Gasteiger partial charge >= 0.3 is 5.97 Å². The largest absolute Gasteiger partial charge is 0.468 e. The molecule has 0 aliphatic carbocycles. The lowest BCUT2D eigenvalue weighted by Crippen LogP contribution is -2.43. The molecule has 2 aromatic heterocycles. The maximum absolute atomic E-state index is 12.9. The molecule has 0 N–H and O–H groups in total. The van der Waals surface area contributed by atoms with Gasteiger partial charge in [-0.05, 0) is 42.5 Å². The van der Waals surface area contributed by atoms with E-state index in [0.717, 1.165) is 15.3 Å². The first-order valence-corrected chi connectivity index (χ1v) is 9.81. The Morgan fingerprint density at radius 3 is 2.77 bits per heavy atom. The summed E-state index contributed by atoms with van der Waals surface area (Å²) in [5.41, 5.74) is 0.736. The topological polar surface area (TPSA) is 63.7 Å². The van der Waals surface area contributed by atoms with Crippen molar-refractivity contribution in [3.63, 3.8) is 0 Å². The van der Waals surface area contributed by atoms with Crippen LogP contribution in [0.1, 0.15) is 21.4 Å². The summed E-state index contributed by atoms with van der Waals surface area (Å²) in [6, 6.07) is 4.27. The van der Waals surface area contributed by atoms with Crippen molar-refractivity contribution in [1.29, 1.82) is 0 Å². The van der Waals surface area contributed by atoms with E-state index in [1.807, 2.05) is 18.4 Å². The van der Waals surface area contributed by atoms with E-state index in [9.17, 15) is 13.2 Å². The van der Waals surface area contributed by atoms with E-state index in [2.05, 4.69) is 0 Å². The zero-order chi connectivity index (χ0) is 15.9. The Morgan fingerprint density at radius 1 is 1.36 bits per heavy atom. The molecule has 5 nitrogen and oxygen atoms in total. The summed E-state index contributed by atoms with van der Waals surface area (Å²) in [5, 5.41) is 1.88. The number of esters is 1. The minimum atomic E-state index is -3.71. The summed E-state index contributed by atoms with van der Waals surface area (Å²) >= 11 is 2.76. The maximum Gasteiger partial charge on any atom is 0.328 e. The number of aryl methyl sites for hydroxylation is 1. The zero-order valence-electron chi connectivity index (χ0n) is 12.1. The molecule has 0 saturated carbocycles. The predicted octanol–water partition coefficient (Wildman–Crippen LogP) is 2.58. The van der Waals surface area contributed by atoms with Crippen molar-refractivity contribution in [3.8, 4) is 0 Å². The Labute approximate surface area is 137 Å². The van der Waals surface area contributed by atoms with Gasteiger partial charge in [0, 0.05) is 16.3 Å². The van der Waals surface area contributed by atoms with Crippen molar-refractivity contribution in [2.24, 2.45) is 0 Å². The molecular formula is C14H15NO4S3. The quantitative estimate of drug-likeness (QED) is 0.792. The molecule has 0 spiro atoms. The van der Waals surface area contributed by atoms with Gasteiger partial charge in [0.2, 0.25) is 0 Å². The summed E-state index contributed by atoms with van der Waals surface area (Å²) < 4.78 is 32.2. The van der Waals surface area contributed by atoms with Gasteiger partial charge < -0.3 is 4.74 Å². The van der Waals surface area contributed by atoms with Crippen molar-refractivity contribution in [3.05, 3.63) is 38.9 Å². The molecule has 0 bridgehead atoms. The molecule has 0 amide bonds. The molecule has 0 aromatic carbocycles. The van der Waals surface area contributed by atoms with E-state index in [0.29, 0.717) is 6.42 Å². The molecule has 0 saturated heterocycles. The fourth-order valence-corrected chi connectivity index (χ4v) is 6.45. The van der Waals surface area contributed by atoms with Gasteiger partial charge in [-0.25, -0.2) is 13.2 Å². The van der Waals surface area contributed by atoms with E-state index in [1.165, 1.54) is 22.8 Å². The first-order chi connectivity index (χ1) is 10.4. The van der Waals surface area contributed by atoms with Crippen molar-refractivity contribution < 1.29 is 17.9 Å². The zero-order valence-corrected chi connectivity index (χ0v) is 14.6. The Balaban J connectivity index is 2.08. The Bertz CT molecular complexity index is 806. The third-order valence-electron chi connectivity index (χ3n) is 3.62. The van der Waals surface area contributed by atoms with Gasteiger partial charge in [0.15, 0.2) is 0 Å².